The van der Waals surface area contributed by atoms with E-state index in [-0.39, 0.29) is 31.1 Å². The Hall–Kier alpha value is -2.79. The molecule has 144 valence electrons. The fourth-order valence-corrected chi connectivity index (χ4v) is 3.56. The lowest BCUT2D eigenvalue weighted by Gasteiger charge is -2.07. The molecule has 0 atom stereocenters. The minimum Gasteiger partial charge on any atom is -0.483 e. The van der Waals surface area contributed by atoms with E-state index in [2.05, 4.69) is 14.7 Å². The molecular weight excluding hydrogens is 372 g/mol. The van der Waals surface area contributed by atoms with Crippen molar-refractivity contribution in [1.82, 2.24) is 14.7 Å². The fourth-order valence-electron chi connectivity index (χ4n) is 2.51. The van der Waals surface area contributed by atoms with Gasteiger partial charge in [-0.2, -0.15) is 0 Å². The average molecular weight is 392 g/mol. The van der Waals surface area contributed by atoms with Crippen LogP contribution in [0.15, 0.2) is 47.5 Å². The summed E-state index contributed by atoms with van der Waals surface area (Å²) in [6.07, 6.45) is 1.67. The zero-order chi connectivity index (χ0) is 19.9. The van der Waals surface area contributed by atoms with Crippen molar-refractivity contribution in [3.63, 3.8) is 0 Å². The molecule has 0 saturated carbocycles. The van der Waals surface area contributed by atoms with Crippen molar-refractivity contribution in [2.75, 3.05) is 13.1 Å². The predicted molar refractivity (Wildman–Crippen MR) is 100 cm³/mol. The van der Waals surface area contributed by atoms with Crippen LogP contribution in [0.25, 0.3) is 22.2 Å². The molecule has 0 spiro atoms. The van der Waals surface area contributed by atoms with Crippen molar-refractivity contribution >= 4 is 27.5 Å². The van der Waals surface area contributed by atoms with E-state index in [1.54, 1.807) is 30.5 Å². The molecule has 6 N–H and O–H groups in total. The number of carbonyl (C=O) groups is 1. The molecule has 3 aromatic rings. The van der Waals surface area contributed by atoms with Crippen LogP contribution in [0.3, 0.4) is 0 Å². The summed E-state index contributed by atoms with van der Waals surface area (Å²) in [5, 5.41) is 17.0. The molecule has 0 aliphatic carbocycles. The molecule has 2 heterocycles. The standard InChI is InChI=1S/C16H18N4O3S.CH2O2/c17-6-8-19-24(22,23)13-3-1-11(2-4-13)14-5-7-18-16-15(14)9-12(10-21)20-16;2-1-3/h1-5,7,9,19,21H,6,8,10,17H2,(H,18,20);1H,(H,2,3). The molecule has 9 nitrogen and oxygen atoms in total. The molecule has 1 aromatic carbocycles. The number of benzene rings is 1. The van der Waals surface area contributed by atoms with Crippen molar-refractivity contribution in [1.29, 1.82) is 0 Å². The van der Waals surface area contributed by atoms with Gasteiger partial charge in [-0.05, 0) is 35.4 Å². The van der Waals surface area contributed by atoms with E-state index in [0.29, 0.717) is 11.3 Å². The number of aromatic nitrogens is 2. The molecule has 0 amide bonds. The number of rotatable bonds is 6. The Morgan fingerprint density at radius 2 is 1.89 bits per heavy atom. The number of aliphatic hydroxyl groups excluding tert-OH is 1. The van der Waals surface area contributed by atoms with E-state index in [1.807, 2.05) is 12.1 Å². The van der Waals surface area contributed by atoms with E-state index in [0.717, 1.165) is 16.5 Å². The summed E-state index contributed by atoms with van der Waals surface area (Å²) in [5.41, 5.74) is 8.46. The van der Waals surface area contributed by atoms with Crippen molar-refractivity contribution in [3.8, 4) is 11.1 Å². The van der Waals surface area contributed by atoms with E-state index in [4.69, 9.17) is 15.6 Å². The molecule has 0 aliphatic heterocycles. The monoisotopic (exact) mass is 392 g/mol. The number of nitrogens with two attached hydrogens (primary N) is 1. The van der Waals surface area contributed by atoms with Gasteiger partial charge in [0.15, 0.2) is 0 Å². The molecule has 10 heteroatoms. The Kier molecular flexibility index (Phi) is 7.02. The number of H-pyrrole nitrogens is 1. The van der Waals surface area contributed by atoms with Crippen LogP contribution in [0, 0.1) is 0 Å². The highest BCUT2D eigenvalue weighted by molar-refractivity contribution is 7.89. The van der Waals surface area contributed by atoms with Crippen LogP contribution in [-0.4, -0.2) is 48.2 Å². The SMILES string of the molecule is NCCNS(=O)(=O)c1ccc(-c2ccnc3[nH]c(CO)cc23)cc1.O=CO. The van der Waals surface area contributed by atoms with Gasteiger partial charge in [-0.1, -0.05) is 12.1 Å². The number of hydrogen-bond acceptors (Lipinski definition) is 6. The lowest BCUT2D eigenvalue weighted by atomic mass is 10.0. The molecule has 0 bridgehead atoms. The summed E-state index contributed by atoms with van der Waals surface area (Å²) in [6.45, 7) is 0.0924. The number of carboxylic acid groups (broad SMARTS) is 1. The third-order valence-electron chi connectivity index (χ3n) is 3.67. The second-order valence-corrected chi connectivity index (χ2v) is 7.16. The van der Waals surface area contributed by atoms with Crippen LogP contribution in [-0.2, 0) is 21.4 Å². The molecular formula is C17H20N4O5S. The number of nitrogens with one attached hydrogen (secondary N) is 2. The third-order valence-corrected chi connectivity index (χ3v) is 5.15. The molecule has 27 heavy (non-hydrogen) atoms. The topological polar surface area (TPSA) is 158 Å². The molecule has 2 aromatic heterocycles. The summed E-state index contributed by atoms with van der Waals surface area (Å²) in [6, 6.07) is 10.3. The Morgan fingerprint density at radius 1 is 1.22 bits per heavy atom. The Morgan fingerprint density at radius 3 is 2.48 bits per heavy atom. The fraction of sp³-hybridized carbons (Fsp3) is 0.176. The number of fused-ring (bicyclic) bond motifs is 1. The van der Waals surface area contributed by atoms with Gasteiger partial charge < -0.3 is 20.9 Å². The first kappa shape index (κ1) is 20.5. The molecule has 0 saturated heterocycles. The van der Waals surface area contributed by atoms with Gasteiger partial charge in [0.05, 0.1) is 11.5 Å². The van der Waals surface area contributed by atoms with Gasteiger partial charge >= 0.3 is 0 Å². The van der Waals surface area contributed by atoms with Crippen LogP contribution in [0.5, 0.6) is 0 Å². The zero-order valence-electron chi connectivity index (χ0n) is 14.3. The van der Waals surface area contributed by atoms with Crippen molar-refractivity contribution < 1.29 is 23.4 Å². The highest BCUT2D eigenvalue weighted by Gasteiger charge is 2.14. The summed E-state index contributed by atoms with van der Waals surface area (Å²) in [4.78, 5) is 15.8. The van der Waals surface area contributed by atoms with Crippen LogP contribution < -0.4 is 10.5 Å². The number of pyridine rings is 1. The van der Waals surface area contributed by atoms with Gasteiger partial charge in [-0.15, -0.1) is 0 Å². The maximum Gasteiger partial charge on any atom is 0.290 e. The Balaban J connectivity index is 0.000000817. The minimum absolute atomic E-state index is 0.0974. The Labute approximate surface area is 155 Å². The molecule has 0 radical (unpaired) electrons. The minimum atomic E-state index is -3.55. The third kappa shape index (κ3) is 4.89. The number of aromatic amines is 1. The zero-order valence-corrected chi connectivity index (χ0v) is 15.1. The second-order valence-electron chi connectivity index (χ2n) is 5.39. The molecule has 0 unspecified atom stereocenters. The van der Waals surface area contributed by atoms with Crippen LogP contribution >= 0.6 is 0 Å². The predicted octanol–water partition coefficient (Wildman–Crippen LogP) is 0.660. The first-order valence-corrected chi connectivity index (χ1v) is 9.40. The van der Waals surface area contributed by atoms with Gasteiger partial charge in [-0.3, -0.25) is 4.79 Å². The van der Waals surface area contributed by atoms with Gasteiger partial charge in [0.2, 0.25) is 10.0 Å². The van der Waals surface area contributed by atoms with E-state index < -0.39 is 10.0 Å². The highest BCUT2D eigenvalue weighted by Crippen LogP contribution is 2.28. The molecule has 0 fully saturated rings. The number of sulfonamides is 1. The van der Waals surface area contributed by atoms with Gasteiger partial charge in [-0.25, -0.2) is 18.1 Å². The summed E-state index contributed by atoms with van der Waals surface area (Å²) < 4.78 is 26.6. The summed E-state index contributed by atoms with van der Waals surface area (Å²) in [5.74, 6) is 0. The molecule has 0 aliphatic rings. The van der Waals surface area contributed by atoms with E-state index >= 15 is 0 Å². The van der Waals surface area contributed by atoms with Gasteiger partial charge in [0.25, 0.3) is 6.47 Å². The largest absolute Gasteiger partial charge is 0.483 e. The number of hydrogen-bond donors (Lipinski definition) is 5. The van der Waals surface area contributed by atoms with Crippen LogP contribution in [0.2, 0.25) is 0 Å². The van der Waals surface area contributed by atoms with Gasteiger partial charge in [0, 0.05) is 30.4 Å². The normalized spacial score (nSPS) is 11.0. The van der Waals surface area contributed by atoms with Crippen molar-refractivity contribution in [2.45, 2.75) is 11.5 Å². The second kappa shape index (κ2) is 9.24. The van der Waals surface area contributed by atoms with Crippen LogP contribution in [0.1, 0.15) is 5.69 Å². The first-order chi connectivity index (χ1) is 13.0. The average Bonchev–Trinajstić information content (AvgIpc) is 3.10. The maximum atomic E-state index is 12.1. The summed E-state index contributed by atoms with van der Waals surface area (Å²) >= 11 is 0. The lowest BCUT2D eigenvalue weighted by molar-refractivity contribution is -0.122. The maximum absolute atomic E-state index is 12.1. The van der Waals surface area contributed by atoms with E-state index in [1.165, 1.54) is 0 Å². The van der Waals surface area contributed by atoms with Crippen molar-refractivity contribution in [2.24, 2.45) is 5.73 Å². The highest BCUT2D eigenvalue weighted by atomic mass is 32.2. The van der Waals surface area contributed by atoms with Crippen LogP contribution in [0.4, 0.5) is 0 Å². The lowest BCUT2D eigenvalue weighted by Crippen LogP contribution is -2.29. The smallest absolute Gasteiger partial charge is 0.290 e. The van der Waals surface area contributed by atoms with E-state index in [9.17, 15) is 13.5 Å². The first-order valence-electron chi connectivity index (χ1n) is 7.92. The number of nitrogens with zero attached hydrogens (tertiary/aromatic N) is 1. The summed E-state index contributed by atoms with van der Waals surface area (Å²) in [7, 11) is -3.55. The number of aliphatic hydroxyl groups is 1. The Bertz CT molecular complexity index is 1000. The quantitative estimate of drug-likeness (QED) is 0.385. The molecule has 3 rings (SSSR count). The van der Waals surface area contributed by atoms with Gasteiger partial charge in [0.1, 0.15) is 5.65 Å². The van der Waals surface area contributed by atoms with Crippen molar-refractivity contribution in [3.05, 3.63) is 48.3 Å².